The zero-order valence-corrected chi connectivity index (χ0v) is 25.0. The molecule has 41 heavy (non-hydrogen) atoms. The van der Waals surface area contributed by atoms with Crippen LogP contribution in [0.4, 0.5) is 0 Å². The summed E-state index contributed by atoms with van der Waals surface area (Å²) in [4.78, 5) is 0.942. The Bertz CT molecular complexity index is 1710. The first-order chi connectivity index (χ1) is 20.1. The van der Waals surface area contributed by atoms with Crippen molar-refractivity contribution in [2.45, 2.75) is 44.4 Å². The molecule has 0 unspecified atom stereocenters. The molecule has 0 heterocycles. The average Bonchev–Trinajstić information content (AvgIpc) is 3.02. The van der Waals surface area contributed by atoms with Gasteiger partial charge < -0.3 is 0 Å². The zero-order valence-electron chi connectivity index (χ0n) is 24.1. The maximum atomic E-state index is 4.80. The van der Waals surface area contributed by atoms with E-state index in [2.05, 4.69) is 136 Å². The Morgan fingerprint density at radius 1 is 0.854 bits per heavy atom. The molecule has 0 N–H and O–H groups in total. The van der Waals surface area contributed by atoms with Gasteiger partial charge in [-0.1, -0.05) is 135 Å². The molecule has 5 rings (SSSR count). The van der Waals surface area contributed by atoms with Crippen molar-refractivity contribution >= 4 is 46.2 Å². The molecule has 0 saturated heterocycles. The van der Waals surface area contributed by atoms with Crippen LogP contribution in [-0.2, 0) is 12.8 Å². The summed E-state index contributed by atoms with van der Waals surface area (Å²) in [5.41, 5.74) is 11.3. The van der Waals surface area contributed by atoms with Gasteiger partial charge in [-0.15, -0.1) is 12.6 Å². The van der Waals surface area contributed by atoms with Crippen LogP contribution in [-0.4, -0.2) is 0 Å². The highest BCUT2D eigenvalue weighted by Gasteiger charge is 2.24. The Balaban J connectivity index is 1.71. The van der Waals surface area contributed by atoms with E-state index in [1.807, 2.05) is 12.1 Å². The highest BCUT2D eigenvalue weighted by Crippen LogP contribution is 2.45. The fourth-order valence-electron chi connectivity index (χ4n) is 5.82. The maximum absolute atomic E-state index is 4.80. The molecule has 1 aliphatic rings. The molecular weight excluding hydrogens is 513 g/mol. The largest absolute Gasteiger partial charge is 0.143 e. The van der Waals surface area contributed by atoms with Crippen molar-refractivity contribution < 1.29 is 0 Å². The Labute approximate surface area is 251 Å². The van der Waals surface area contributed by atoms with Gasteiger partial charge in [-0.25, -0.2) is 0 Å². The highest BCUT2D eigenvalue weighted by atomic mass is 32.1. The topological polar surface area (TPSA) is 0 Å². The zero-order chi connectivity index (χ0) is 28.6. The number of allylic oxidation sites excluding steroid dienone is 10. The third kappa shape index (κ3) is 6.16. The summed E-state index contributed by atoms with van der Waals surface area (Å²) < 4.78 is 0. The lowest BCUT2D eigenvalue weighted by Crippen LogP contribution is -2.07. The fraction of sp³-hybridized carbons (Fsp3) is 0.150. The van der Waals surface area contributed by atoms with Crippen molar-refractivity contribution in [1.82, 2.24) is 0 Å². The Morgan fingerprint density at radius 3 is 2.29 bits per heavy atom. The Morgan fingerprint density at radius 2 is 1.56 bits per heavy atom. The second-order valence-corrected chi connectivity index (χ2v) is 10.9. The Kier molecular flexibility index (Phi) is 9.39. The first-order valence-electron chi connectivity index (χ1n) is 14.6. The summed E-state index contributed by atoms with van der Waals surface area (Å²) in [5, 5.41) is 2.56. The predicted molar refractivity (Wildman–Crippen MR) is 184 cm³/mol. The number of rotatable bonds is 9. The minimum Gasteiger partial charge on any atom is -0.143 e. The molecule has 1 aliphatic carbocycles. The van der Waals surface area contributed by atoms with E-state index in [9.17, 15) is 0 Å². The van der Waals surface area contributed by atoms with Crippen LogP contribution in [0.3, 0.4) is 0 Å². The molecule has 0 bridgehead atoms. The smallest absolute Gasteiger partial charge is 0.0119 e. The van der Waals surface area contributed by atoms with Crippen LogP contribution in [0.25, 0.3) is 33.6 Å². The maximum Gasteiger partial charge on any atom is 0.0119 e. The van der Waals surface area contributed by atoms with Crippen molar-refractivity contribution in [3.8, 4) is 0 Å². The van der Waals surface area contributed by atoms with Gasteiger partial charge in [0.2, 0.25) is 0 Å². The van der Waals surface area contributed by atoms with Crippen LogP contribution < -0.4 is 0 Å². The van der Waals surface area contributed by atoms with Crippen molar-refractivity contribution in [3.05, 3.63) is 161 Å². The molecule has 0 aliphatic heterocycles. The molecule has 0 atom stereocenters. The molecule has 4 aromatic carbocycles. The quantitative estimate of drug-likeness (QED) is 0.155. The lowest BCUT2D eigenvalue weighted by atomic mass is 9.77. The predicted octanol–water partition coefficient (Wildman–Crippen LogP) is 11.4. The van der Waals surface area contributed by atoms with Crippen LogP contribution in [0.2, 0.25) is 0 Å². The summed E-state index contributed by atoms with van der Waals surface area (Å²) >= 11 is 4.80. The normalized spacial score (nSPS) is 13.8. The second-order valence-electron chi connectivity index (χ2n) is 10.4. The van der Waals surface area contributed by atoms with Gasteiger partial charge in [-0.2, -0.15) is 0 Å². The van der Waals surface area contributed by atoms with Gasteiger partial charge >= 0.3 is 0 Å². The molecule has 0 aromatic heterocycles. The minimum atomic E-state index is 0.930. The van der Waals surface area contributed by atoms with E-state index in [0.717, 1.165) is 47.3 Å². The summed E-state index contributed by atoms with van der Waals surface area (Å²) in [5.74, 6) is 0. The van der Waals surface area contributed by atoms with Crippen LogP contribution >= 0.6 is 12.6 Å². The van der Waals surface area contributed by atoms with E-state index < -0.39 is 0 Å². The van der Waals surface area contributed by atoms with Crippen LogP contribution in [0.15, 0.2) is 133 Å². The lowest BCUT2D eigenvalue weighted by molar-refractivity contribution is 0.982. The molecule has 4 aromatic rings. The van der Waals surface area contributed by atoms with Gasteiger partial charge in [0.05, 0.1) is 0 Å². The monoisotopic (exact) mass is 550 g/mol. The third-order valence-electron chi connectivity index (χ3n) is 7.82. The third-order valence-corrected chi connectivity index (χ3v) is 8.21. The molecule has 0 saturated carbocycles. The summed E-state index contributed by atoms with van der Waals surface area (Å²) in [6.45, 7) is 8.96. The molecule has 204 valence electrons. The number of hydrogen-bond acceptors (Lipinski definition) is 1. The van der Waals surface area contributed by atoms with Gasteiger partial charge in [0.25, 0.3) is 0 Å². The number of benzene rings is 4. The van der Waals surface area contributed by atoms with E-state index in [1.165, 1.54) is 44.2 Å². The van der Waals surface area contributed by atoms with Crippen molar-refractivity contribution in [1.29, 1.82) is 0 Å². The van der Waals surface area contributed by atoms with Crippen LogP contribution in [0.1, 0.15) is 60.1 Å². The van der Waals surface area contributed by atoms with E-state index in [-0.39, 0.29) is 0 Å². The summed E-state index contributed by atoms with van der Waals surface area (Å²) in [7, 11) is 0. The molecule has 0 spiro atoms. The van der Waals surface area contributed by atoms with Crippen molar-refractivity contribution in [3.63, 3.8) is 0 Å². The molecule has 0 nitrogen and oxygen atoms in total. The second kappa shape index (κ2) is 13.5. The van der Waals surface area contributed by atoms with Crippen molar-refractivity contribution in [2.24, 2.45) is 0 Å². The van der Waals surface area contributed by atoms with Crippen LogP contribution in [0.5, 0.6) is 0 Å². The minimum absolute atomic E-state index is 0.930. The molecule has 0 amide bonds. The Hall–Kier alpha value is -4.07. The molecule has 0 radical (unpaired) electrons. The molecule has 0 fully saturated rings. The van der Waals surface area contributed by atoms with E-state index in [0.29, 0.717) is 0 Å². The van der Waals surface area contributed by atoms with Gasteiger partial charge in [0.1, 0.15) is 0 Å². The van der Waals surface area contributed by atoms with E-state index in [1.54, 1.807) is 0 Å². The lowest BCUT2D eigenvalue weighted by Gasteiger charge is -2.26. The van der Waals surface area contributed by atoms with Crippen LogP contribution in [0, 0.1) is 0 Å². The molecule has 1 heteroatoms. The first kappa shape index (κ1) is 28.5. The molecular formula is C40H38S. The number of hydrogen-bond donors (Lipinski definition) is 1. The van der Waals surface area contributed by atoms with Gasteiger partial charge in [0, 0.05) is 4.90 Å². The van der Waals surface area contributed by atoms with E-state index in [4.69, 9.17) is 12.6 Å². The highest BCUT2D eigenvalue weighted by molar-refractivity contribution is 7.80. The average molecular weight is 551 g/mol. The van der Waals surface area contributed by atoms with Gasteiger partial charge in [-0.05, 0) is 99.5 Å². The van der Waals surface area contributed by atoms with E-state index >= 15 is 0 Å². The SMILES string of the molecule is C=C(/C(=C\C=C/C)c1c2c(c(/C(=C/C=C\Cc3ccccc3)CC)c3ccccc13)C=CCC2)c1ccccc1S. The first-order valence-corrected chi connectivity index (χ1v) is 15.0. The summed E-state index contributed by atoms with van der Waals surface area (Å²) in [6, 6.07) is 27.8. The van der Waals surface area contributed by atoms with Gasteiger partial charge in [-0.3, -0.25) is 0 Å². The fourth-order valence-corrected chi connectivity index (χ4v) is 6.12. The van der Waals surface area contributed by atoms with Crippen molar-refractivity contribution in [2.75, 3.05) is 0 Å². The number of thiol groups is 1. The summed E-state index contributed by atoms with van der Waals surface area (Å²) in [6.07, 6.45) is 21.9. The van der Waals surface area contributed by atoms with Gasteiger partial charge in [0.15, 0.2) is 0 Å². The standard InChI is InChI=1S/C40H38S/c1-4-6-22-33(29(3)32-23-16-17-28-38(32)41)40-36-26-14-12-24-34(36)39(35-25-13-15-27-37(35)40)31(5-2)21-11-10-20-30-18-8-7-9-19-30/h4,6-14,16-19,21-26,28,41H,3,5,15,20,27H2,1-2H3/b6-4-,11-10-,31-21+,33-22+. The number of fused-ring (bicyclic) bond motifs is 2.